The molecule has 1 saturated heterocycles. The van der Waals surface area contributed by atoms with Crippen LogP contribution in [0.5, 0.6) is 5.88 Å². The number of amides is 1. The van der Waals surface area contributed by atoms with Crippen LogP contribution in [0.2, 0.25) is 0 Å². The highest BCUT2D eigenvalue weighted by Gasteiger charge is 2.28. The highest BCUT2D eigenvalue weighted by molar-refractivity contribution is 5.92. The molecule has 4 rings (SSSR count). The number of hydrogen-bond donors (Lipinski definition) is 1. The van der Waals surface area contributed by atoms with Crippen molar-refractivity contribution in [1.82, 2.24) is 25.3 Å². The molecule has 0 saturated carbocycles. The Labute approximate surface area is 139 Å². The summed E-state index contributed by atoms with van der Waals surface area (Å²) in [6, 6.07) is 5.65. The Balaban J connectivity index is 1.26. The predicted molar refractivity (Wildman–Crippen MR) is 87.1 cm³/mol. The molecule has 0 aliphatic carbocycles. The second kappa shape index (κ2) is 6.10. The van der Waals surface area contributed by atoms with Crippen LogP contribution in [0.15, 0.2) is 18.2 Å². The molecule has 126 valence electrons. The van der Waals surface area contributed by atoms with Gasteiger partial charge in [-0.3, -0.25) is 4.79 Å². The fraction of sp³-hybridized carbons (Fsp3) is 0.500. The first kappa shape index (κ1) is 14.9. The number of aromatic nitrogens is 4. The normalized spacial score (nSPS) is 17.0. The quantitative estimate of drug-likeness (QED) is 0.886. The average Bonchev–Trinajstić information content (AvgIpc) is 2.99. The summed E-state index contributed by atoms with van der Waals surface area (Å²) in [5, 5.41) is 15.5. The number of carbonyl (C=O) groups excluding carboxylic acids is 1. The SMILES string of the molecule is Cc1ccc(N2CC(CNC(=O)c3cc4n(n3)CCCO4)C2)nn1. The smallest absolute Gasteiger partial charge is 0.271 e. The highest BCUT2D eigenvalue weighted by Crippen LogP contribution is 2.22. The van der Waals surface area contributed by atoms with E-state index < -0.39 is 0 Å². The number of nitrogens with one attached hydrogen (secondary N) is 1. The van der Waals surface area contributed by atoms with Gasteiger partial charge in [-0.25, -0.2) is 4.68 Å². The van der Waals surface area contributed by atoms with Crippen LogP contribution in [-0.4, -0.2) is 52.1 Å². The van der Waals surface area contributed by atoms with E-state index in [1.165, 1.54) is 0 Å². The summed E-state index contributed by atoms with van der Waals surface area (Å²) in [5.74, 6) is 1.85. The van der Waals surface area contributed by atoms with Crippen LogP contribution < -0.4 is 15.0 Å². The van der Waals surface area contributed by atoms with Crippen molar-refractivity contribution in [3.8, 4) is 5.88 Å². The molecule has 0 bridgehead atoms. The van der Waals surface area contributed by atoms with Crippen molar-refractivity contribution in [2.45, 2.75) is 19.9 Å². The maximum Gasteiger partial charge on any atom is 0.271 e. The molecule has 0 unspecified atom stereocenters. The standard InChI is InChI=1S/C16H20N6O2/c1-11-3-4-14(19-18-11)21-9-12(10-21)8-17-16(23)13-7-15-22(20-13)5-2-6-24-15/h3-4,7,12H,2,5-6,8-10H2,1H3,(H,17,23). The van der Waals surface area contributed by atoms with E-state index in [-0.39, 0.29) is 5.91 Å². The van der Waals surface area contributed by atoms with Gasteiger partial charge in [-0.2, -0.15) is 10.2 Å². The lowest BCUT2D eigenvalue weighted by atomic mass is 10.0. The molecule has 0 spiro atoms. The molecule has 24 heavy (non-hydrogen) atoms. The minimum atomic E-state index is -0.144. The van der Waals surface area contributed by atoms with E-state index >= 15 is 0 Å². The minimum absolute atomic E-state index is 0.144. The van der Waals surface area contributed by atoms with Crippen molar-refractivity contribution in [3.63, 3.8) is 0 Å². The number of anilines is 1. The zero-order chi connectivity index (χ0) is 16.5. The summed E-state index contributed by atoms with van der Waals surface area (Å²) in [6.07, 6.45) is 0.926. The molecular weight excluding hydrogens is 308 g/mol. The zero-order valence-corrected chi connectivity index (χ0v) is 13.6. The van der Waals surface area contributed by atoms with Crippen molar-refractivity contribution >= 4 is 11.7 Å². The monoisotopic (exact) mass is 328 g/mol. The Kier molecular flexibility index (Phi) is 3.79. The van der Waals surface area contributed by atoms with E-state index in [9.17, 15) is 4.79 Å². The van der Waals surface area contributed by atoms with E-state index in [1.54, 1.807) is 10.7 Å². The number of nitrogens with zero attached hydrogens (tertiary/aromatic N) is 5. The van der Waals surface area contributed by atoms with Crippen LogP contribution >= 0.6 is 0 Å². The molecule has 0 aromatic carbocycles. The van der Waals surface area contributed by atoms with Crippen molar-refractivity contribution < 1.29 is 9.53 Å². The Morgan fingerprint density at radius 2 is 2.25 bits per heavy atom. The summed E-state index contributed by atoms with van der Waals surface area (Å²) < 4.78 is 7.23. The van der Waals surface area contributed by atoms with Crippen LogP contribution in [0, 0.1) is 12.8 Å². The number of ether oxygens (including phenoxy) is 1. The Morgan fingerprint density at radius 3 is 3.00 bits per heavy atom. The van der Waals surface area contributed by atoms with Crippen molar-refractivity contribution in [2.24, 2.45) is 5.92 Å². The Morgan fingerprint density at radius 1 is 1.38 bits per heavy atom. The average molecular weight is 328 g/mol. The zero-order valence-electron chi connectivity index (χ0n) is 13.6. The molecular formula is C16H20N6O2. The molecule has 2 aliphatic rings. The van der Waals surface area contributed by atoms with Crippen molar-refractivity contribution in [3.05, 3.63) is 29.6 Å². The van der Waals surface area contributed by atoms with Gasteiger partial charge in [0.2, 0.25) is 5.88 Å². The molecule has 1 fully saturated rings. The van der Waals surface area contributed by atoms with Crippen LogP contribution in [0.3, 0.4) is 0 Å². The maximum atomic E-state index is 12.2. The summed E-state index contributed by atoms with van der Waals surface area (Å²) >= 11 is 0. The topological polar surface area (TPSA) is 85.2 Å². The van der Waals surface area contributed by atoms with Gasteiger partial charge < -0.3 is 15.0 Å². The molecule has 0 atom stereocenters. The van der Waals surface area contributed by atoms with Crippen LogP contribution in [0.1, 0.15) is 22.6 Å². The van der Waals surface area contributed by atoms with E-state index in [0.29, 0.717) is 30.6 Å². The first-order valence-corrected chi connectivity index (χ1v) is 8.23. The van der Waals surface area contributed by atoms with Gasteiger partial charge in [-0.15, -0.1) is 5.10 Å². The summed E-state index contributed by atoms with van der Waals surface area (Å²) in [6.45, 7) is 5.80. The molecule has 8 nitrogen and oxygen atoms in total. The number of rotatable bonds is 4. The number of fused-ring (bicyclic) bond motifs is 1. The number of carbonyl (C=O) groups is 1. The van der Waals surface area contributed by atoms with E-state index in [0.717, 1.165) is 37.6 Å². The molecule has 2 aliphatic heterocycles. The van der Waals surface area contributed by atoms with Gasteiger partial charge in [0.15, 0.2) is 11.5 Å². The van der Waals surface area contributed by atoms with Gasteiger partial charge in [0.25, 0.3) is 5.91 Å². The largest absolute Gasteiger partial charge is 0.478 e. The van der Waals surface area contributed by atoms with Crippen LogP contribution in [0.4, 0.5) is 5.82 Å². The summed E-state index contributed by atoms with van der Waals surface area (Å²) in [7, 11) is 0. The second-order valence-corrected chi connectivity index (χ2v) is 6.31. The summed E-state index contributed by atoms with van der Waals surface area (Å²) in [5.41, 5.74) is 1.34. The lowest BCUT2D eigenvalue weighted by Gasteiger charge is -2.39. The van der Waals surface area contributed by atoms with Gasteiger partial charge in [-0.05, 0) is 19.1 Å². The molecule has 2 aromatic rings. The fourth-order valence-electron chi connectivity index (χ4n) is 2.95. The lowest BCUT2D eigenvalue weighted by Crippen LogP contribution is -2.52. The third kappa shape index (κ3) is 2.91. The van der Waals surface area contributed by atoms with Gasteiger partial charge in [0.05, 0.1) is 12.3 Å². The first-order chi connectivity index (χ1) is 11.7. The van der Waals surface area contributed by atoms with Gasteiger partial charge in [0, 0.05) is 44.6 Å². The van der Waals surface area contributed by atoms with Gasteiger partial charge in [0.1, 0.15) is 0 Å². The Hall–Kier alpha value is -2.64. The maximum absolute atomic E-state index is 12.2. The highest BCUT2D eigenvalue weighted by atomic mass is 16.5. The fourth-order valence-corrected chi connectivity index (χ4v) is 2.95. The van der Waals surface area contributed by atoms with E-state index in [2.05, 4.69) is 25.5 Å². The van der Waals surface area contributed by atoms with Crippen LogP contribution in [0.25, 0.3) is 0 Å². The third-order valence-electron chi connectivity index (χ3n) is 4.36. The third-order valence-corrected chi connectivity index (χ3v) is 4.36. The van der Waals surface area contributed by atoms with E-state index in [1.807, 2.05) is 19.1 Å². The first-order valence-electron chi connectivity index (χ1n) is 8.23. The number of aryl methyl sites for hydroxylation is 2. The van der Waals surface area contributed by atoms with Crippen LogP contribution in [-0.2, 0) is 6.54 Å². The predicted octanol–water partition coefficient (Wildman–Crippen LogP) is 0.630. The minimum Gasteiger partial charge on any atom is -0.478 e. The van der Waals surface area contributed by atoms with Crippen molar-refractivity contribution in [1.29, 1.82) is 0 Å². The Bertz CT molecular complexity index is 712. The van der Waals surface area contributed by atoms with Gasteiger partial charge in [-0.1, -0.05) is 0 Å². The molecule has 1 amide bonds. The molecule has 1 N–H and O–H groups in total. The van der Waals surface area contributed by atoms with Crippen molar-refractivity contribution in [2.75, 3.05) is 31.1 Å². The molecule has 2 aromatic heterocycles. The number of hydrogen-bond acceptors (Lipinski definition) is 6. The van der Waals surface area contributed by atoms with Gasteiger partial charge >= 0.3 is 0 Å². The van der Waals surface area contributed by atoms with E-state index in [4.69, 9.17) is 4.74 Å². The second-order valence-electron chi connectivity index (χ2n) is 6.31. The summed E-state index contributed by atoms with van der Waals surface area (Å²) in [4.78, 5) is 14.4. The molecule has 4 heterocycles. The lowest BCUT2D eigenvalue weighted by molar-refractivity contribution is 0.0938. The molecule has 0 radical (unpaired) electrons. The molecule has 8 heteroatoms.